The summed E-state index contributed by atoms with van der Waals surface area (Å²) in [5.41, 5.74) is -0.0815. The summed E-state index contributed by atoms with van der Waals surface area (Å²) in [7, 11) is 4.12. The lowest BCUT2D eigenvalue weighted by molar-refractivity contribution is -0.193. The van der Waals surface area contributed by atoms with Crippen LogP contribution in [0.15, 0.2) is 16.5 Å². The van der Waals surface area contributed by atoms with E-state index in [1.807, 2.05) is 13.0 Å². The molecule has 2 saturated heterocycles. The second-order valence-corrected chi connectivity index (χ2v) is 9.02. The summed E-state index contributed by atoms with van der Waals surface area (Å²) in [5.74, 6) is -3.12. The topological polar surface area (TPSA) is 115 Å². The van der Waals surface area contributed by atoms with E-state index in [1.54, 1.807) is 0 Å². The van der Waals surface area contributed by atoms with Gasteiger partial charge in [-0.05, 0) is 65.5 Å². The number of nitrogens with zero attached hydrogens (tertiary/aromatic N) is 3. The van der Waals surface area contributed by atoms with E-state index in [0.29, 0.717) is 5.91 Å². The number of likely N-dealkylation sites (tertiary alicyclic amines) is 2. The molecule has 1 spiro atoms. The number of aliphatic carboxylic acids is 2. The average molecular weight is 547 g/mol. The smallest absolute Gasteiger partial charge is 0.475 e. The van der Waals surface area contributed by atoms with Gasteiger partial charge in [-0.3, -0.25) is 9.69 Å². The van der Waals surface area contributed by atoms with E-state index < -0.39 is 24.3 Å². The molecule has 37 heavy (non-hydrogen) atoms. The molecule has 2 fully saturated rings. The van der Waals surface area contributed by atoms with Gasteiger partial charge < -0.3 is 24.4 Å². The highest BCUT2D eigenvalue weighted by Gasteiger charge is 2.47. The zero-order valence-electron chi connectivity index (χ0n) is 20.7. The Kier molecular flexibility index (Phi) is 11.4. The minimum atomic E-state index is -5.08. The molecule has 0 radical (unpaired) electrons. The Labute approximate surface area is 209 Å². The first-order chi connectivity index (χ1) is 16.9. The molecule has 15 heteroatoms. The first-order valence-electron chi connectivity index (χ1n) is 11.2. The van der Waals surface area contributed by atoms with Crippen LogP contribution >= 0.6 is 0 Å². The minimum absolute atomic E-state index is 0.0815. The Balaban J connectivity index is 0.000000404. The van der Waals surface area contributed by atoms with Gasteiger partial charge in [0.05, 0.1) is 12.0 Å². The molecular weight excluding hydrogens is 516 g/mol. The van der Waals surface area contributed by atoms with Crippen LogP contribution in [0.5, 0.6) is 0 Å². The Bertz CT molecular complexity index is 883. The van der Waals surface area contributed by atoms with Crippen molar-refractivity contribution >= 4 is 17.8 Å². The van der Waals surface area contributed by atoms with Gasteiger partial charge in [-0.25, -0.2) is 9.59 Å². The standard InChI is InChI=1S/C18H29N3O2.2C2HF3O2/c1-15-4-5-16(23-15)14-20-9-6-18(7-10-20)8-11-21(17(18)22)13-12-19(2)3;2*3-2(4,5)1(6)7/h4-5H,6-14H2,1-3H3;2*(H,6,7). The molecule has 212 valence electrons. The van der Waals surface area contributed by atoms with Gasteiger partial charge in [-0.2, -0.15) is 26.3 Å². The van der Waals surface area contributed by atoms with Crippen LogP contribution in [-0.4, -0.2) is 102 Å². The van der Waals surface area contributed by atoms with Crippen LogP contribution in [0, 0.1) is 12.3 Å². The Morgan fingerprint density at radius 2 is 1.43 bits per heavy atom. The second kappa shape index (κ2) is 13.1. The fourth-order valence-electron chi connectivity index (χ4n) is 3.82. The summed E-state index contributed by atoms with van der Waals surface area (Å²) in [4.78, 5) is 37.3. The van der Waals surface area contributed by atoms with E-state index in [1.165, 1.54) is 0 Å². The maximum Gasteiger partial charge on any atom is 0.490 e. The van der Waals surface area contributed by atoms with Gasteiger partial charge in [-0.1, -0.05) is 0 Å². The lowest BCUT2D eigenvalue weighted by Crippen LogP contribution is -2.45. The molecule has 0 aliphatic carbocycles. The van der Waals surface area contributed by atoms with Gasteiger partial charge >= 0.3 is 24.3 Å². The number of carbonyl (C=O) groups is 3. The van der Waals surface area contributed by atoms with Gasteiger partial charge in [0.1, 0.15) is 11.5 Å². The minimum Gasteiger partial charge on any atom is -0.475 e. The number of carboxylic acid groups (broad SMARTS) is 2. The summed E-state index contributed by atoms with van der Waals surface area (Å²) >= 11 is 0. The third kappa shape index (κ3) is 10.6. The van der Waals surface area contributed by atoms with Crippen LogP contribution in [0.25, 0.3) is 0 Å². The van der Waals surface area contributed by atoms with Crippen molar-refractivity contribution in [3.63, 3.8) is 0 Å². The highest BCUT2D eigenvalue weighted by atomic mass is 19.4. The number of furan rings is 1. The van der Waals surface area contributed by atoms with E-state index in [4.69, 9.17) is 24.2 Å². The monoisotopic (exact) mass is 547 g/mol. The number of hydrogen-bond donors (Lipinski definition) is 2. The zero-order valence-corrected chi connectivity index (χ0v) is 20.7. The summed E-state index contributed by atoms with van der Waals surface area (Å²) in [6.07, 6.45) is -7.15. The third-order valence-electron chi connectivity index (χ3n) is 5.89. The molecule has 0 unspecified atom stereocenters. The largest absolute Gasteiger partial charge is 0.490 e. The first-order valence-corrected chi connectivity index (χ1v) is 11.2. The summed E-state index contributed by atoms with van der Waals surface area (Å²) in [5, 5.41) is 14.2. The number of likely N-dealkylation sites (N-methyl/N-ethyl adjacent to an activating group) is 1. The van der Waals surface area contributed by atoms with Crippen LogP contribution in [0.2, 0.25) is 0 Å². The van der Waals surface area contributed by atoms with E-state index in [-0.39, 0.29) is 5.41 Å². The molecule has 0 saturated carbocycles. The summed E-state index contributed by atoms with van der Waals surface area (Å²) in [6, 6.07) is 4.08. The van der Waals surface area contributed by atoms with E-state index in [0.717, 1.165) is 70.1 Å². The Morgan fingerprint density at radius 3 is 1.81 bits per heavy atom. The van der Waals surface area contributed by atoms with Crippen molar-refractivity contribution in [3.8, 4) is 0 Å². The molecule has 1 aromatic heterocycles. The zero-order chi connectivity index (χ0) is 28.6. The van der Waals surface area contributed by atoms with Gasteiger partial charge in [0.2, 0.25) is 5.91 Å². The van der Waals surface area contributed by atoms with Crippen LogP contribution < -0.4 is 0 Å². The molecule has 2 aliphatic rings. The van der Waals surface area contributed by atoms with Crippen molar-refractivity contribution in [2.75, 3.05) is 46.8 Å². The predicted molar refractivity (Wildman–Crippen MR) is 118 cm³/mol. The number of hydrogen-bond acceptors (Lipinski definition) is 6. The summed E-state index contributed by atoms with van der Waals surface area (Å²) in [6.45, 7) is 7.58. The maximum absolute atomic E-state index is 12.8. The van der Waals surface area contributed by atoms with Crippen LogP contribution in [0.4, 0.5) is 26.3 Å². The van der Waals surface area contributed by atoms with Crippen molar-refractivity contribution in [1.82, 2.24) is 14.7 Å². The first kappa shape index (κ1) is 32.2. The van der Waals surface area contributed by atoms with Crippen molar-refractivity contribution in [1.29, 1.82) is 0 Å². The molecule has 1 aromatic rings. The maximum atomic E-state index is 12.8. The van der Waals surface area contributed by atoms with Crippen LogP contribution in [0.3, 0.4) is 0 Å². The van der Waals surface area contributed by atoms with Gasteiger partial charge in [0.15, 0.2) is 0 Å². The number of alkyl halides is 6. The van der Waals surface area contributed by atoms with Gasteiger partial charge in [-0.15, -0.1) is 0 Å². The number of rotatable bonds is 5. The van der Waals surface area contributed by atoms with E-state index in [2.05, 4.69) is 34.9 Å². The fourth-order valence-corrected chi connectivity index (χ4v) is 3.82. The molecule has 3 heterocycles. The molecule has 0 atom stereocenters. The van der Waals surface area contributed by atoms with E-state index >= 15 is 0 Å². The number of carboxylic acids is 2. The van der Waals surface area contributed by atoms with Crippen molar-refractivity contribution in [2.45, 2.75) is 45.1 Å². The Morgan fingerprint density at radius 1 is 0.973 bits per heavy atom. The lowest BCUT2D eigenvalue weighted by atomic mass is 9.77. The second-order valence-electron chi connectivity index (χ2n) is 9.02. The highest BCUT2D eigenvalue weighted by molar-refractivity contribution is 5.85. The molecule has 9 nitrogen and oxygen atoms in total. The number of aryl methyl sites for hydroxylation is 1. The number of carbonyl (C=O) groups excluding carboxylic acids is 1. The van der Waals surface area contributed by atoms with Crippen LogP contribution in [0.1, 0.15) is 30.8 Å². The molecule has 1 amide bonds. The predicted octanol–water partition coefficient (Wildman–Crippen LogP) is 3.23. The summed E-state index contributed by atoms with van der Waals surface area (Å²) < 4.78 is 69.1. The average Bonchev–Trinajstić information content (AvgIpc) is 3.31. The molecule has 3 rings (SSSR count). The quantitative estimate of drug-likeness (QED) is 0.541. The third-order valence-corrected chi connectivity index (χ3v) is 5.89. The number of halogens is 6. The van der Waals surface area contributed by atoms with Crippen molar-refractivity contribution in [2.24, 2.45) is 5.41 Å². The van der Waals surface area contributed by atoms with Gasteiger partial charge in [0.25, 0.3) is 0 Å². The molecule has 2 N–H and O–H groups in total. The van der Waals surface area contributed by atoms with Gasteiger partial charge in [0, 0.05) is 19.6 Å². The normalized spacial score (nSPS) is 17.8. The molecule has 2 aliphatic heterocycles. The van der Waals surface area contributed by atoms with E-state index in [9.17, 15) is 31.1 Å². The number of piperidine rings is 1. The Hall–Kier alpha value is -2.81. The van der Waals surface area contributed by atoms with Crippen molar-refractivity contribution in [3.05, 3.63) is 23.7 Å². The highest BCUT2D eigenvalue weighted by Crippen LogP contribution is 2.41. The fraction of sp³-hybridized carbons (Fsp3) is 0.682. The van der Waals surface area contributed by atoms with Crippen LogP contribution in [-0.2, 0) is 20.9 Å². The molecule has 0 aromatic carbocycles. The molecule has 0 bridgehead atoms. The SMILES string of the molecule is Cc1ccc(CN2CCC3(CC2)CCN(CCN(C)C)C3=O)o1.O=C(O)C(F)(F)F.O=C(O)C(F)(F)F. The van der Waals surface area contributed by atoms with Crippen molar-refractivity contribution < 1.29 is 55.4 Å². The lowest BCUT2D eigenvalue weighted by Gasteiger charge is -2.37. The molecular formula is C22H31F6N3O6. The number of amides is 1.